The van der Waals surface area contributed by atoms with Gasteiger partial charge in [-0.1, -0.05) is 263 Å². The Bertz CT molecular complexity index is 3320. The van der Waals surface area contributed by atoms with Crippen molar-refractivity contribution in [2.24, 2.45) is 0 Å². The van der Waals surface area contributed by atoms with E-state index >= 15 is 0 Å². The van der Waals surface area contributed by atoms with E-state index in [-0.39, 0.29) is 38.8 Å². The van der Waals surface area contributed by atoms with E-state index in [0.717, 1.165) is 64.4 Å². The Kier molecular flexibility index (Phi) is 29.5. The summed E-state index contributed by atoms with van der Waals surface area (Å²) in [6.07, 6.45) is 0. The average Bonchev–Trinajstić information content (AvgIpc) is 0.755. The van der Waals surface area contributed by atoms with Crippen LogP contribution in [0.1, 0.15) is 107 Å². The van der Waals surface area contributed by atoms with Gasteiger partial charge in [-0.2, -0.15) is 10.5 Å². The Morgan fingerprint density at radius 3 is 0.733 bits per heavy atom. The molecule has 1 radical (unpaired) electrons. The van der Waals surface area contributed by atoms with Gasteiger partial charge in [-0.25, -0.2) is 0 Å². The Morgan fingerprint density at radius 1 is 0.344 bits per heavy atom. The monoisotopic (exact) mass is 1250 g/mol. The fraction of sp³-hybridized carbons (Fsp3) is 0.225. The molecule has 10 aromatic rings. The third-order valence-electron chi connectivity index (χ3n) is 14.3. The SMILES string of the molecule is CC#N.CC#N.CC(C)(C)c1ccc([N-]c2ccccc2N(c2ccccc2[N-]c2ccc(C(C)(C)C)cc2)c2ccccc2[N-]c2ccc(C(C)(C)C)cc2)cc1.CCOCC.[Fe+3].[OH-].c1ccc([P+](c2ccccc2)(c2ccccc2)c2ccccc2)cc1. The summed E-state index contributed by atoms with van der Waals surface area (Å²) in [4.78, 5) is 2.26. The fourth-order valence-corrected chi connectivity index (χ4v) is 14.1. The Labute approximate surface area is 550 Å². The van der Waals surface area contributed by atoms with E-state index in [4.69, 9.17) is 31.2 Å². The molecule has 0 aromatic heterocycles. The van der Waals surface area contributed by atoms with Crippen LogP contribution in [0.15, 0.2) is 267 Å². The number of hydrogen-bond donors (Lipinski definition) is 0. The minimum atomic E-state index is -1.91. The van der Waals surface area contributed by atoms with Gasteiger partial charge in [0.25, 0.3) is 0 Å². The van der Waals surface area contributed by atoms with Gasteiger partial charge in [0.15, 0.2) is 0 Å². The Hall–Kier alpha value is -8.75. The summed E-state index contributed by atoms with van der Waals surface area (Å²) >= 11 is 0. The van der Waals surface area contributed by atoms with E-state index < -0.39 is 7.26 Å². The molecule has 10 rings (SSSR count). The minimum Gasteiger partial charge on any atom is -0.870 e. The zero-order valence-corrected chi connectivity index (χ0v) is 56.7. The molecule has 0 aliphatic rings. The number of ether oxygens (including phenoxy) is 1. The standard InChI is InChI=1S/C48H51N4.C24H20P.C4H10O.2C2H3N.Fe.H2O/c1-46(2,3)34-22-28-37(29-23-34)49-40-16-10-13-19-43(40)52(44-20-14-11-17-41(44)50-38-30-24-35(25-31-38)47(4,5)6)45-21-15-12-18-42(45)51-39-32-26-36(27-33-39)48(7,8)9;1-5-13-21(14-6-1)25(22-15-7-2-8-16-22,23-17-9-3-10-18-23)24-19-11-4-12-20-24;1-3-5-4-2;2*1-2-3;;/h10-33H,1-9H3;1-20H;3-4H2,1-2H3;2*1H3;;1H2/q-3;+1;;;;+3;/p-1. The molecule has 0 aliphatic carbocycles. The minimum absolute atomic E-state index is 0. The van der Waals surface area contributed by atoms with E-state index in [1.165, 1.54) is 51.8 Å². The van der Waals surface area contributed by atoms with Crippen LogP contribution in [0, 0.1) is 22.7 Å². The van der Waals surface area contributed by atoms with Crippen molar-refractivity contribution in [2.45, 2.75) is 106 Å². The zero-order valence-electron chi connectivity index (χ0n) is 54.7. The average molecular weight is 1250 g/mol. The second kappa shape index (κ2) is 36.0. The third kappa shape index (κ3) is 20.4. The molecule has 0 unspecified atom stereocenters. The summed E-state index contributed by atoms with van der Waals surface area (Å²) in [6.45, 7) is 28.6. The van der Waals surface area contributed by atoms with E-state index in [1.54, 1.807) is 12.1 Å². The topological polar surface area (TPSA) is 132 Å². The van der Waals surface area contributed by atoms with Crippen molar-refractivity contribution in [3.05, 3.63) is 300 Å². The van der Waals surface area contributed by atoms with E-state index in [9.17, 15) is 0 Å². The van der Waals surface area contributed by atoms with Crippen LogP contribution in [0.3, 0.4) is 0 Å². The molecule has 0 saturated carbocycles. The van der Waals surface area contributed by atoms with Gasteiger partial charge in [-0.3, -0.25) is 0 Å². The van der Waals surface area contributed by atoms with Crippen LogP contribution in [0.2, 0.25) is 0 Å². The van der Waals surface area contributed by atoms with Gasteiger partial charge in [-0.15, -0.1) is 34.1 Å². The molecule has 0 saturated heterocycles. The maximum atomic E-state index is 7.32. The second-order valence-electron chi connectivity index (χ2n) is 23.8. The predicted molar refractivity (Wildman–Crippen MR) is 382 cm³/mol. The normalized spacial score (nSPS) is 10.7. The number of hydrogen-bond acceptors (Lipinski definition) is 5. The zero-order chi connectivity index (χ0) is 63.6. The summed E-state index contributed by atoms with van der Waals surface area (Å²) in [7, 11) is -1.91. The number of nitriles is 2. The van der Waals surface area contributed by atoms with E-state index in [0.29, 0.717) is 0 Å². The van der Waals surface area contributed by atoms with Crippen LogP contribution in [0.4, 0.5) is 51.2 Å². The molecule has 0 aliphatic heterocycles. The molecule has 1 N–H and O–H groups in total. The van der Waals surface area contributed by atoms with Crippen LogP contribution in [0.25, 0.3) is 16.0 Å². The van der Waals surface area contributed by atoms with Gasteiger partial charge in [0.2, 0.25) is 0 Å². The van der Waals surface area contributed by atoms with Crippen LogP contribution in [-0.4, -0.2) is 18.7 Å². The van der Waals surface area contributed by atoms with Gasteiger partial charge in [0.05, 0.1) is 12.1 Å². The fourth-order valence-electron chi connectivity index (χ4n) is 9.86. The van der Waals surface area contributed by atoms with Gasteiger partial charge in [-0.05, 0) is 114 Å². The summed E-state index contributed by atoms with van der Waals surface area (Å²) < 4.78 is 4.83. The smallest absolute Gasteiger partial charge is 0.870 e. The molecular weight excluding hydrogens is 1160 g/mol. The van der Waals surface area contributed by atoms with Crippen molar-refractivity contribution in [3.8, 4) is 12.1 Å². The molecule has 463 valence electrons. The molecule has 0 atom stereocenters. The first-order valence-electron chi connectivity index (χ1n) is 30.2. The summed E-state index contributed by atoms with van der Waals surface area (Å²) in [5.74, 6) is 0. The van der Waals surface area contributed by atoms with Gasteiger partial charge >= 0.3 is 17.1 Å². The van der Waals surface area contributed by atoms with Gasteiger partial charge < -0.3 is 31.1 Å². The Balaban J connectivity index is 0.000000376. The molecule has 8 nitrogen and oxygen atoms in total. The Morgan fingerprint density at radius 2 is 0.544 bits per heavy atom. The molecule has 0 amide bonds. The van der Waals surface area contributed by atoms with Gasteiger partial charge in [0.1, 0.15) is 28.5 Å². The molecular formula is C80H88FeN6O2P. The van der Waals surface area contributed by atoms with Crippen molar-refractivity contribution in [2.75, 3.05) is 18.1 Å². The van der Waals surface area contributed by atoms with E-state index in [1.807, 2.05) is 32.0 Å². The molecule has 10 heteroatoms. The van der Waals surface area contributed by atoms with Crippen LogP contribution >= 0.6 is 7.26 Å². The quantitative estimate of drug-likeness (QED) is 0.0745. The molecule has 0 heterocycles. The van der Waals surface area contributed by atoms with Crippen LogP contribution in [0.5, 0.6) is 0 Å². The summed E-state index contributed by atoms with van der Waals surface area (Å²) in [6, 6.07) is 98.0. The molecule has 10 aromatic carbocycles. The maximum Gasteiger partial charge on any atom is 3.00 e. The van der Waals surface area contributed by atoms with Crippen LogP contribution < -0.4 is 26.1 Å². The number of nitrogens with zero attached hydrogens (tertiary/aromatic N) is 6. The number of anilines is 3. The first-order chi connectivity index (χ1) is 42.3. The molecule has 0 fully saturated rings. The van der Waals surface area contributed by atoms with Crippen molar-refractivity contribution in [1.29, 1.82) is 10.5 Å². The van der Waals surface area contributed by atoms with Crippen molar-refractivity contribution in [3.63, 3.8) is 0 Å². The number of rotatable bonds is 15. The number of para-hydroxylation sites is 6. The molecule has 0 spiro atoms. The van der Waals surface area contributed by atoms with Crippen LogP contribution in [-0.2, 0) is 38.1 Å². The third-order valence-corrected chi connectivity index (χ3v) is 18.6. The second-order valence-corrected chi connectivity index (χ2v) is 27.2. The van der Waals surface area contributed by atoms with Crippen molar-refractivity contribution < 1.29 is 27.3 Å². The van der Waals surface area contributed by atoms with Gasteiger partial charge in [0, 0.05) is 44.1 Å². The predicted octanol–water partition coefficient (Wildman–Crippen LogP) is 22.3. The van der Waals surface area contributed by atoms with Crippen molar-refractivity contribution in [1.82, 2.24) is 0 Å². The number of benzene rings is 10. The first-order valence-corrected chi connectivity index (χ1v) is 32.0. The first kappa shape index (κ1) is 73.7. The largest absolute Gasteiger partial charge is 3.00 e. The molecule has 0 bridgehead atoms. The summed E-state index contributed by atoms with van der Waals surface area (Å²) in [5, 5.41) is 35.9. The van der Waals surface area contributed by atoms with E-state index in [2.05, 4.69) is 316 Å². The maximum absolute atomic E-state index is 7.32. The summed E-state index contributed by atoms with van der Waals surface area (Å²) in [5.41, 5.74) is 12.0. The molecule has 90 heavy (non-hydrogen) atoms. The van der Waals surface area contributed by atoms with Crippen molar-refractivity contribution >= 4 is 79.7 Å².